The normalized spacial score (nSPS) is 10.9. The average molecular weight is 274 g/mol. The largest absolute Gasteiger partial charge is 0.493 e. The van der Waals surface area contributed by atoms with Crippen LogP contribution < -0.4 is 5.56 Å². The summed E-state index contributed by atoms with van der Waals surface area (Å²) in [6.45, 7) is 0. The van der Waals surface area contributed by atoms with E-state index in [1.807, 2.05) is 30.3 Å². The predicted molar refractivity (Wildman–Crippen MR) is 71.3 cm³/mol. The van der Waals surface area contributed by atoms with E-state index in [0.29, 0.717) is 5.16 Å². The van der Waals surface area contributed by atoms with Gasteiger partial charge in [0.1, 0.15) is 0 Å². The van der Waals surface area contributed by atoms with E-state index in [9.17, 15) is 9.90 Å². The second-order valence-electron chi connectivity index (χ2n) is 3.90. The maximum absolute atomic E-state index is 11.2. The van der Waals surface area contributed by atoms with Gasteiger partial charge < -0.3 is 5.11 Å². The van der Waals surface area contributed by atoms with Crippen LogP contribution in [-0.2, 0) is 5.75 Å². The lowest BCUT2D eigenvalue weighted by molar-refractivity contribution is 0.433. The lowest BCUT2D eigenvalue weighted by atomic mass is 10.2. The number of aromatic amines is 1. The van der Waals surface area contributed by atoms with Crippen molar-refractivity contribution < 1.29 is 5.11 Å². The van der Waals surface area contributed by atoms with E-state index in [0.717, 1.165) is 17.4 Å². The molecule has 2 N–H and O–H groups in total. The fraction of sp³-hybridized carbons (Fsp3) is 0.0833. The van der Waals surface area contributed by atoms with E-state index in [4.69, 9.17) is 0 Å². The summed E-state index contributed by atoms with van der Waals surface area (Å²) in [5.74, 6) is 0.737. The van der Waals surface area contributed by atoms with E-state index in [1.54, 1.807) is 0 Å². The molecule has 6 nitrogen and oxygen atoms in total. The first kappa shape index (κ1) is 11.8. The Balaban J connectivity index is 1.86. The maximum atomic E-state index is 11.2. The molecule has 19 heavy (non-hydrogen) atoms. The van der Waals surface area contributed by atoms with Crippen molar-refractivity contribution in [2.45, 2.75) is 10.9 Å². The molecular formula is C12H10N4O2S. The highest BCUT2D eigenvalue weighted by Crippen LogP contribution is 2.20. The van der Waals surface area contributed by atoms with Crippen molar-refractivity contribution in [1.82, 2.24) is 19.6 Å². The summed E-state index contributed by atoms with van der Waals surface area (Å²) in [4.78, 5) is 17.8. The molecule has 2 aromatic heterocycles. The van der Waals surface area contributed by atoms with Crippen LogP contribution in [0.3, 0.4) is 0 Å². The average Bonchev–Trinajstić information content (AvgIpc) is 2.81. The van der Waals surface area contributed by atoms with Crippen molar-refractivity contribution in [3.63, 3.8) is 0 Å². The summed E-state index contributed by atoms with van der Waals surface area (Å²) in [7, 11) is 0. The fourth-order valence-electron chi connectivity index (χ4n) is 1.64. The molecule has 3 rings (SSSR count). The first-order chi connectivity index (χ1) is 9.22. The molecule has 7 heteroatoms. The van der Waals surface area contributed by atoms with Gasteiger partial charge in [-0.25, -0.2) is 0 Å². The highest BCUT2D eigenvalue weighted by molar-refractivity contribution is 7.98. The minimum absolute atomic E-state index is 0.224. The number of hydrogen-bond acceptors (Lipinski definition) is 5. The topological polar surface area (TPSA) is 83.3 Å². The molecule has 0 fully saturated rings. The van der Waals surface area contributed by atoms with Crippen molar-refractivity contribution in [1.29, 1.82) is 0 Å². The Bertz CT molecular complexity index is 766. The first-order valence-corrected chi connectivity index (χ1v) is 6.57. The number of aromatic nitrogens is 4. The Morgan fingerprint density at radius 3 is 2.89 bits per heavy atom. The van der Waals surface area contributed by atoms with Gasteiger partial charge in [0.2, 0.25) is 16.8 Å². The SMILES string of the molecule is O=c1cc(O)n2nc(SCc3ccccc3)nc2[nH]1. The first-order valence-electron chi connectivity index (χ1n) is 5.58. The molecule has 0 amide bonds. The van der Waals surface area contributed by atoms with Gasteiger partial charge in [0.25, 0.3) is 5.56 Å². The second kappa shape index (κ2) is 4.77. The number of thioether (sulfide) groups is 1. The second-order valence-corrected chi connectivity index (χ2v) is 4.84. The van der Waals surface area contributed by atoms with E-state index < -0.39 is 5.56 Å². The third-order valence-corrected chi connectivity index (χ3v) is 3.42. The quantitative estimate of drug-likeness (QED) is 0.706. The molecule has 0 spiro atoms. The third-order valence-electron chi connectivity index (χ3n) is 2.51. The number of nitrogens with one attached hydrogen (secondary N) is 1. The van der Waals surface area contributed by atoms with Gasteiger partial charge in [-0.1, -0.05) is 42.1 Å². The molecule has 3 aromatic rings. The van der Waals surface area contributed by atoms with E-state index in [2.05, 4.69) is 15.1 Å². The van der Waals surface area contributed by atoms with Crippen molar-refractivity contribution in [3.8, 4) is 5.88 Å². The highest BCUT2D eigenvalue weighted by Gasteiger charge is 2.08. The van der Waals surface area contributed by atoms with Crippen molar-refractivity contribution in [3.05, 3.63) is 52.3 Å². The van der Waals surface area contributed by atoms with Crippen molar-refractivity contribution in [2.24, 2.45) is 0 Å². The lowest BCUT2D eigenvalue weighted by Crippen LogP contribution is -2.07. The lowest BCUT2D eigenvalue weighted by Gasteiger charge is -1.96. The molecule has 0 unspecified atom stereocenters. The molecule has 0 radical (unpaired) electrons. The number of aromatic hydroxyl groups is 1. The maximum Gasteiger partial charge on any atom is 0.256 e. The van der Waals surface area contributed by atoms with Crippen LogP contribution in [0, 0.1) is 0 Å². The minimum Gasteiger partial charge on any atom is -0.493 e. The zero-order chi connectivity index (χ0) is 13.2. The van der Waals surface area contributed by atoms with Gasteiger partial charge >= 0.3 is 0 Å². The number of nitrogens with zero attached hydrogens (tertiary/aromatic N) is 3. The molecule has 2 heterocycles. The Labute approximate surface area is 112 Å². The molecule has 0 bridgehead atoms. The Morgan fingerprint density at radius 2 is 2.11 bits per heavy atom. The summed E-state index contributed by atoms with van der Waals surface area (Å²) < 4.78 is 1.20. The minimum atomic E-state index is -0.406. The van der Waals surface area contributed by atoms with E-state index in [1.165, 1.54) is 16.3 Å². The standard InChI is InChI=1S/C12H10N4O2S/c17-9-6-10(18)16-11(13-9)14-12(15-16)19-7-8-4-2-1-3-5-8/h1-6,18H,7H2,(H,13,14,15,17). The van der Waals surface area contributed by atoms with Gasteiger partial charge in [-0.3, -0.25) is 9.78 Å². The summed E-state index contributed by atoms with van der Waals surface area (Å²) in [5, 5.41) is 14.2. The van der Waals surface area contributed by atoms with Crippen LogP contribution in [0.15, 0.2) is 46.3 Å². The Hall–Kier alpha value is -2.28. The molecule has 1 aromatic carbocycles. The van der Waals surface area contributed by atoms with Crippen molar-refractivity contribution >= 4 is 17.5 Å². The van der Waals surface area contributed by atoms with Gasteiger partial charge in [-0.2, -0.15) is 9.50 Å². The summed E-state index contributed by atoms with van der Waals surface area (Å²) in [6.07, 6.45) is 0. The van der Waals surface area contributed by atoms with Crippen LogP contribution in [0.4, 0.5) is 0 Å². The fourth-order valence-corrected chi connectivity index (χ4v) is 2.42. The van der Waals surface area contributed by atoms with Crippen LogP contribution >= 0.6 is 11.8 Å². The summed E-state index contributed by atoms with van der Waals surface area (Å²) >= 11 is 1.44. The molecular weight excluding hydrogens is 264 g/mol. The summed E-state index contributed by atoms with van der Waals surface area (Å²) in [6, 6.07) is 11.0. The van der Waals surface area contributed by atoms with Crippen molar-refractivity contribution in [2.75, 3.05) is 0 Å². The molecule has 0 saturated heterocycles. The third kappa shape index (κ3) is 2.45. The molecule has 0 aliphatic rings. The van der Waals surface area contributed by atoms with E-state index >= 15 is 0 Å². The van der Waals surface area contributed by atoms with Gasteiger partial charge in [0.15, 0.2) is 0 Å². The van der Waals surface area contributed by atoms with Crippen LogP contribution in [0.5, 0.6) is 5.88 Å². The highest BCUT2D eigenvalue weighted by atomic mass is 32.2. The molecule has 0 saturated carbocycles. The number of H-pyrrole nitrogens is 1. The zero-order valence-corrected chi connectivity index (χ0v) is 10.6. The molecule has 96 valence electrons. The van der Waals surface area contributed by atoms with E-state index in [-0.39, 0.29) is 11.7 Å². The van der Waals surface area contributed by atoms with Gasteiger partial charge in [0, 0.05) is 5.75 Å². The molecule has 0 aliphatic heterocycles. The molecule has 0 atom stereocenters. The Morgan fingerprint density at radius 1 is 1.32 bits per heavy atom. The monoisotopic (exact) mass is 274 g/mol. The van der Waals surface area contributed by atoms with Gasteiger partial charge in [0.05, 0.1) is 6.07 Å². The number of rotatable bonds is 3. The number of hydrogen-bond donors (Lipinski definition) is 2. The summed E-state index contributed by atoms with van der Waals surface area (Å²) in [5.41, 5.74) is 0.751. The smallest absolute Gasteiger partial charge is 0.256 e. The Kier molecular flexibility index (Phi) is 2.96. The van der Waals surface area contributed by atoms with Gasteiger partial charge in [-0.05, 0) is 5.56 Å². The number of benzene rings is 1. The predicted octanol–water partition coefficient (Wildman–Crippen LogP) is 1.42. The van der Waals surface area contributed by atoms with Crippen LogP contribution in [0.2, 0.25) is 0 Å². The molecule has 0 aliphatic carbocycles. The van der Waals surface area contributed by atoms with Crippen LogP contribution in [0.25, 0.3) is 5.78 Å². The van der Waals surface area contributed by atoms with Gasteiger partial charge in [-0.15, -0.1) is 5.10 Å². The number of fused-ring (bicyclic) bond motifs is 1. The van der Waals surface area contributed by atoms with Crippen LogP contribution in [0.1, 0.15) is 5.56 Å². The van der Waals surface area contributed by atoms with Crippen LogP contribution in [-0.4, -0.2) is 24.7 Å². The zero-order valence-electron chi connectivity index (χ0n) is 9.78.